The highest BCUT2D eigenvalue weighted by atomic mass is 19.4. The van der Waals surface area contributed by atoms with Gasteiger partial charge in [0.05, 0.1) is 5.69 Å². The van der Waals surface area contributed by atoms with Crippen LogP contribution < -0.4 is 5.56 Å². The molecule has 1 heterocycles. The van der Waals surface area contributed by atoms with E-state index in [1.807, 2.05) is 4.98 Å². The van der Waals surface area contributed by atoms with Gasteiger partial charge in [0.1, 0.15) is 11.4 Å². The standard InChI is InChI=1S/C7H7F3N2O/c1-3-5(7(8,9)10)6(13)12-4(2)11-3/h1-2H3,(H,11,12,13). The molecular weight excluding hydrogens is 185 g/mol. The van der Waals surface area contributed by atoms with Crippen LogP contribution in [0.3, 0.4) is 0 Å². The summed E-state index contributed by atoms with van der Waals surface area (Å²) in [6.07, 6.45) is -4.64. The molecule has 0 amide bonds. The fourth-order valence-corrected chi connectivity index (χ4v) is 1.06. The Bertz CT molecular complexity index is 380. The van der Waals surface area contributed by atoms with Crippen LogP contribution in [0.4, 0.5) is 13.2 Å². The molecule has 0 aliphatic carbocycles. The molecule has 0 saturated heterocycles. The summed E-state index contributed by atoms with van der Waals surface area (Å²) < 4.78 is 36.5. The Hall–Kier alpha value is -1.33. The second-order valence-corrected chi connectivity index (χ2v) is 2.61. The van der Waals surface area contributed by atoms with Gasteiger partial charge in [0.15, 0.2) is 0 Å². The smallest absolute Gasteiger partial charge is 0.310 e. The molecule has 1 aromatic heterocycles. The molecule has 0 bridgehead atoms. The minimum atomic E-state index is -4.64. The van der Waals surface area contributed by atoms with Crippen LogP contribution in [-0.4, -0.2) is 9.97 Å². The lowest BCUT2D eigenvalue weighted by atomic mass is 10.2. The summed E-state index contributed by atoms with van der Waals surface area (Å²) in [5, 5.41) is 0. The number of rotatable bonds is 0. The third-order valence-corrected chi connectivity index (χ3v) is 1.50. The molecule has 3 nitrogen and oxygen atoms in total. The first-order valence-electron chi connectivity index (χ1n) is 3.47. The van der Waals surface area contributed by atoms with Crippen molar-refractivity contribution in [1.29, 1.82) is 0 Å². The highest BCUT2D eigenvalue weighted by molar-refractivity contribution is 5.19. The van der Waals surface area contributed by atoms with Crippen LogP contribution in [0.5, 0.6) is 0 Å². The molecule has 72 valence electrons. The Balaban J connectivity index is 3.47. The van der Waals surface area contributed by atoms with Crippen molar-refractivity contribution < 1.29 is 13.2 Å². The predicted molar refractivity (Wildman–Crippen MR) is 39.3 cm³/mol. The molecule has 0 spiro atoms. The van der Waals surface area contributed by atoms with Crippen molar-refractivity contribution in [1.82, 2.24) is 9.97 Å². The van der Waals surface area contributed by atoms with Gasteiger partial charge in [-0.15, -0.1) is 0 Å². The zero-order chi connectivity index (χ0) is 10.2. The van der Waals surface area contributed by atoms with E-state index in [9.17, 15) is 18.0 Å². The number of H-pyrrole nitrogens is 1. The number of aromatic amines is 1. The number of aromatic nitrogens is 2. The lowest BCUT2D eigenvalue weighted by Crippen LogP contribution is -2.25. The monoisotopic (exact) mass is 192 g/mol. The first-order chi connectivity index (χ1) is 5.82. The largest absolute Gasteiger partial charge is 0.423 e. The number of aryl methyl sites for hydroxylation is 2. The fourth-order valence-electron chi connectivity index (χ4n) is 1.06. The van der Waals surface area contributed by atoms with Crippen molar-refractivity contribution in [2.75, 3.05) is 0 Å². The summed E-state index contributed by atoms with van der Waals surface area (Å²) in [6.45, 7) is 2.58. The second-order valence-electron chi connectivity index (χ2n) is 2.61. The fraction of sp³-hybridized carbons (Fsp3) is 0.429. The van der Waals surface area contributed by atoms with Crippen LogP contribution in [0.15, 0.2) is 4.79 Å². The summed E-state index contributed by atoms with van der Waals surface area (Å²) in [5.74, 6) is 0.176. The van der Waals surface area contributed by atoms with Crippen LogP contribution in [0.1, 0.15) is 17.1 Å². The molecule has 1 aromatic rings. The highest BCUT2D eigenvalue weighted by Gasteiger charge is 2.36. The van der Waals surface area contributed by atoms with Gasteiger partial charge < -0.3 is 4.98 Å². The lowest BCUT2D eigenvalue weighted by molar-refractivity contribution is -0.139. The molecule has 1 rings (SSSR count). The van der Waals surface area contributed by atoms with Crippen molar-refractivity contribution in [2.24, 2.45) is 0 Å². The second kappa shape index (κ2) is 2.86. The van der Waals surface area contributed by atoms with Gasteiger partial charge in [-0.25, -0.2) is 4.98 Å². The van der Waals surface area contributed by atoms with E-state index in [2.05, 4.69) is 4.98 Å². The Morgan fingerprint density at radius 1 is 1.31 bits per heavy atom. The maximum Gasteiger partial charge on any atom is 0.423 e. The number of hydrogen-bond donors (Lipinski definition) is 1. The molecule has 0 radical (unpaired) electrons. The maximum absolute atomic E-state index is 12.2. The summed E-state index contributed by atoms with van der Waals surface area (Å²) in [6, 6.07) is 0. The van der Waals surface area contributed by atoms with Crippen LogP contribution in [0.25, 0.3) is 0 Å². The number of nitrogens with zero attached hydrogens (tertiary/aromatic N) is 1. The SMILES string of the molecule is Cc1nc(C)c(C(F)(F)F)c(=O)[nH]1. The molecule has 0 atom stereocenters. The first-order valence-corrected chi connectivity index (χ1v) is 3.47. The van der Waals surface area contributed by atoms with E-state index in [1.54, 1.807) is 0 Å². The number of halogens is 3. The number of alkyl halides is 3. The van der Waals surface area contributed by atoms with Crippen molar-refractivity contribution in [2.45, 2.75) is 20.0 Å². The van der Waals surface area contributed by atoms with Crippen LogP contribution in [0.2, 0.25) is 0 Å². The van der Waals surface area contributed by atoms with Crippen LogP contribution in [0, 0.1) is 13.8 Å². The quantitative estimate of drug-likeness (QED) is 0.675. The topological polar surface area (TPSA) is 45.8 Å². The predicted octanol–water partition coefficient (Wildman–Crippen LogP) is 1.41. The molecule has 13 heavy (non-hydrogen) atoms. The van der Waals surface area contributed by atoms with E-state index in [4.69, 9.17) is 0 Å². The summed E-state index contributed by atoms with van der Waals surface area (Å²) in [5.41, 5.74) is -2.66. The third kappa shape index (κ3) is 1.88. The van der Waals surface area contributed by atoms with Crippen LogP contribution in [-0.2, 0) is 6.18 Å². The first kappa shape index (κ1) is 9.76. The van der Waals surface area contributed by atoms with Crippen molar-refractivity contribution in [3.63, 3.8) is 0 Å². The molecule has 0 aromatic carbocycles. The molecule has 0 aliphatic rings. The Morgan fingerprint density at radius 2 is 1.85 bits per heavy atom. The Labute approximate surface area is 71.6 Å². The van der Waals surface area contributed by atoms with E-state index in [0.717, 1.165) is 6.92 Å². The minimum absolute atomic E-state index is 0.176. The van der Waals surface area contributed by atoms with E-state index in [-0.39, 0.29) is 11.5 Å². The lowest BCUT2D eigenvalue weighted by Gasteiger charge is -2.07. The summed E-state index contributed by atoms with van der Waals surface area (Å²) in [4.78, 5) is 16.4. The van der Waals surface area contributed by atoms with Gasteiger partial charge in [-0.1, -0.05) is 0 Å². The molecular formula is C7H7F3N2O. The van der Waals surface area contributed by atoms with Gasteiger partial charge in [-0.05, 0) is 13.8 Å². The normalized spacial score (nSPS) is 11.8. The molecule has 1 N–H and O–H groups in total. The van der Waals surface area contributed by atoms with E-state index >= 15 is 0 Å². The average molecular weight is 192 g/mol. The molecule has 0 aliphatic heterocycles. The average Bonchev–Trinajstić information content (AvgIpc) is 1.78. The van der Waals surface area contributed by atoms with Crippen molar-refractivity contribution in [3.8, 4) is 0 Å². The van der Waals surface area contributed by atoms with Gasteiger partial charge in [0, 0.05) is 0 Å². The van der Waals surface area contributed by atoms with Crippen LogP contribution >= 0.6 is 0 Å². The Morgan fingerprint density at radius 3 is 2.23 bits per heavy atom. The van der Waals surface area contributed by atoms with Gasteiger partial charge >= 0.3 is 6.18 Å². The Kier molecular flexibility index (Phi) is 2.15. The van der Waals surface area contributed by atoms with Gasteiger partial charge in [-0.3, -0.25) is 4.79 Å². The van der Waals surface area contributed by atoms with Gasteiger partial charge in [0.25, 0.3) is 5.56 Å². The zero-order valence-corrected chi connectivity index (χ0v) is 6.99. The minimum Gasteiger partial charge on any atom is -0.310 e. The van der Waals surface area contributed by atoms with E-state index in [1.165, 1.54) is 6.92 Å². The zero-order valence-electron chi connectivity index (χ0n) is 6.99. The third-order valence-electron chi connectivity index (χ3n) is 1.50. The van der Waals surface area contributed by atoms with Crippen molar-refractivity contribution >= 4 is 0 Å². The number of hydrogen-bond acceptors (Lipinski definition) is 2. The maximum atomic E-state index is 12.2. The summed E-state index contributed by atoms with van der Waals surface area (Å²) in [7, 11) is 0. The molecule has 0 unspecified atom stereocenters. The van der Waals surface area contributed by atoms with E-state index in [0.29, 0.717) is 0 Å². The number of nitrogens with one attached hydrogen (secondary N) is 1. The highest BCUT2D eigenvalue weighted by Crippen LogP contribution is 2.27. The molecule has 0 fully saturated rings. The van der Waals surface area contributed by atoms with Gasteiger partial charge in [-0.2, -0.15) is 13.2 Å². The van der Waals surface area contributed by atoms with E-state index < -0.39 is 17.3 Å². The summed E-state index contributed by atoms with van der Waals surface area (Å²) >= 11 is 0. The van der Waals surface area contributed by atoms with Crippen molar-refractivity contribution in [3.05, 3.63) is 27.4 Å². The molecule has 0 saturated carbocycles. The van der Waals surface area contributed by atoms with Gasteiger partial charge in [0.2, 0.25) is 0 Å². The molecule has 6 heteroatoms.